The quantitative estimate of drug-likeness (QED) is 0.693. The molecule has 14 heavy (non-hydrogen) atoms. The molecule has 0 saturated heterocycles. The first kappa shape index (κ1) is 11.1. The van der Waals surface area contributed by atoms with E-state index in [2.05, 4.69) is 16.4 Å². The summed E-state index contributed by atoms with van der Waals surface area (Å²) in [6, 6.07) is 4.07. The van der Waals surface area contributed by atoms with Crippen molar-refractivity contribution in [3.05, 3.63) is 29.6 Å². The van der Waals surface area contributed by atoms with Crippen LogP contribution >= 0.6 is 0 Å². The number of aliphatic hydroxyl groups excluding tert-OH is 1. The molecule has 1 unspecified atom stereocenters. The average Bonchev–Trinajstić information content (AvgIpc) is 2.15. The number of pyridine rings is 1. The molecule has 0 fully saturated rings. The molecule has 0 amide bonds. The highest BCUT2D eigenvalue weighted by Gasteiger charge is 1.95. The summed E-state index contributed by atoms with van der Waals surface area (Å²) < 4.78 is 0. The number of aromatic nitrogens is 1. The van der Waals surface area contributed by atoms with Gasteiger partial charge in [-0.3, -0.25) is 4.98 Å². The van der Waals surface area contributed by atoms with E-state index in [4.69, 9.17) is 5.11 Å². The predicted molar refractivity (Wildman–Crippen MR) is 57.0 cm³/mol. The summed E-state index contributed by atoms with van der Waals surface area (Å²) >= 11 is 0. The number of aryl methyl sites for hydroxylation is 1. The van der Waals surface area contributed by atoms with Gasteiger partial charge in [-0.15, -0.1) is 0 Å². The summed E-state index contributed by atoms with van der Waals surface area (Å²) in [5.41, 5.74) is 2.22. The SMILES string of the molecule is Cc1ccc(CNCCC(C)O)cn1. The molecule has 0 aliphatic rings. The van der Waals surface area contributed by atoms with E-state index in [1.807, 2.05) is 19.2 Å². The molecule has 78 valence electrons. The van der Waals surface area contributed by atoms with Gasteiger partial charge in [0, 0.05) is 18.4 Å². The summed E-state index contributed by atoms with van der Waals surface area (Å²) in [5.74, 6) is 0. The minimum absolute atomic E-state index is 0.223. The Morgan fingerprint density at radius 3 is 2.86 bits per heavy atom. The Kier molecular flexibility index (Phi) is 4.56. The van der Waals surface area contributed by atoms with Crippen LogP contribution in [0.5, 0.6) is 0 Å². The van der Waals surface area contributed by atoms with Crippen LogP contribution in [-0.2, 0) is 6.54 Å². The Hall–Kier alpha value is -0.930. The number of nitrogens with one attached hydrogen (secondary N) is 1. The van der Waals surface area contributed by atoms with Crippen LogP contribution in [0, 0.1) is 6.92 Å². The molecule has 0 spiro atoms. The maximum absolute atomic E-state index is 9.03. The number of hydrogen-bond donors (Lipinski definition) is 2. The fourth-order valence-electron chi connectivity index (χ4n) is 1.15. The molecule has 0 aliphatic heterocycles. The monoisotopic (exact) mass is 194 g/mol. The summed E-state index contributed by atoms with van der Waals surface area (Å²) in [6.07, 6.45) is 2.45. The van der Waals surface area contributed by atoms with Gasteiger partial charge in [0.25, 0.3) is 0 Å². The summed E-state index contributed by atoms with van der Waals surface area (Å²) in [5, 5.41) is 12.3. The highest BCUT2D eigenvalue weighted by molar-refractivity contribution is 5.12. The maximum Gasteiger partial charge on any atom is 0.0524 e. The molecule has 1 heterocycles. The second-order valence-electron chi connectivity index (χ2n) is 3.62. The van der Waals surface area contributed by atoms with Crippen LogP contribution in [0.15, 0.2) is 18.3 Å². The largest absolute Gasteiger partial charge is 0.393 e. The second kappa shape index (κ2) is 5.73. The van der Waals surface area contributed by atoms with Crippen molar-refractivity contribution in [2.24, 2.45) is 0 Å². The van der Waals surface area contributed by atoms with Crippen molar-refractivity contribution in [3.8, 4) is 0 Å². The Bertz CT molecular complexity index is 256. The minimum atomic E-state index is -0.223. The standard InChI is InChI=1S/C11H18N2O/c1-9-3-4-11(8-13-9)7-12-6-5-10(2)14/h3-4,8,10,12,14H,5-7H2,1-2H3. The van der Waals surface area contributed by atoms with Crippen molar-refractivity contribution in [1.82, 2.24) is 10.3 Å². The molecule has 0 radical (unpaired) electrons. The van der Waals surface area contributed by atoms with Gasteiger partial charge in [-0.25, -0.2) is 0 Å². The topological polar surface area (TPSA) is 45.1 Å². The van der Waals surface area contributed by atoms with E-state index < -0.39 is 0 Å². The van der Waals surface area contributed by atoms with Gasteiger partial charge in [0.1, 0.15) is 0 Å². The maximum atomic E-state index is 9.03. The van der Waals surface area contributed by atoms with Crippen molar-refractivity contribution in [1.29, 1.82) is 0 Å². The fourth-order valence-corrected chi connectivity index (χ4v) is 1.15. The lowest BCUT2D eigenvalue weighted by Crippen LogP contribution is -2.18. The van der Waals surface area contributed by atoms with Crippen molar-refractivity contribution in [2.75, 3.05) is 6.54 Å². The zero-order valence-electron chi connectivity index (χ0n) is 8.83. The Labute approximate surface area is 85.2 Å². The van der Waals surface area contributed by atoms with Crippen LogP contribution < -0.4 is 5.32 Å². The zero-order chi connectivity index (χ0) is 10.4. The van der Waals surface area contributed by atoms with Gasteiger partial charge in [0.2, 0.25) is 0 Å². The molecule has 3 nitrogen and oxygen atoms in total. The number of nitrogens with zero attached hydrogens (tertiary/aromatic N) is 1. The van der Waals surface area contributed by atoms with Crippen LogP contribution in [0.1, 0.15) is 24.6 Å². The third-order valence-electron chi connectivity index (χ3n) is 2.04. The van der Waals surface area contributed by atoms with E-state index in [0.29, 0.717) is 0 Å². The fraction of sp³-hybridized carbons (Fsp3) is 0.545. The molecule has 2 N–H and O–H groups in total. The van der Waals surface area contributed by atoms with Gasteiger partial charge >= 0.3 is 0 Å². The smallest absolute Gasteiger partial charge is 0.0524 e. The zero-order valence-corrected chi connectivity index (χ0v) is 8.83. The lowest BCUT2D eigenvalue weighted by Gasteiger charge is -2.06. The van der Waals surface area contributed by atoms with E-state index in [-0.39, 0.29) is 6.10 Å². The van der Waals surface area contributed by atoms with Crippen LogP contribution in [0.4, 0.5) is 0 Å². The van der Waals surface area contributed by atoms with E-state index >= 15 is 0 Å². The van der Waals surface area contributed by atoms with Crippen LogP contribution in [-0.4, -0.2) is 22.7 Å². The molecular formula is C11H18N2O. The second-order valence-corrected chi connectivity index (χ2v) is 3.62. The first-order valence-corrected chi connectivity index (χ1v) is 4.99. The van der Waals surface area contributed by atoms with Gasteiger partial charge in [-0.1, -0.05) is 6.07 Å². The Balaban J connectivity index is 2.21. The average molecular weight is 194 g/mol. The van der Waals surface area contributed by atoms with E-state index in [0.717, 1.165) is 25.2 Å². The first-order valence-electron chi connectivity index (χ1n) is 4.99. The first-order chi connectivity index (χ1) is 6.68. The van der Waals surface area contributed by atoms with Gasteiger partial charge in [0.15, 0.2) is 0 Å². The number of hydrogen-bond acceptors (Lipinski definition) is 3. The predicted octanol–water partition coefficient (Wildman–Crippen LogP) is 1.25. The van der Waals surface area contributed by atoms with Gasteiger partial charge in [-0.2, -0.15) is 0 Å². The van der Waals surface area contributed by atoms with E-state index in [1.165, 1.54) is 5.56 Å². The lowest BCUT2D eigenvalue weighted by atomic mass is 10.2. The van der Waals surface area contributed by atoms with Crippen molar-refractivity contribution in [3.63, 3.8) is 0 Å². The third-order valence-corrected chi connectivity index (χ3v) is 2.04. The molecule has 0 bridgehead atoms. The molecule has 1 aromatic heterocycles. The summed E-state index contributed by atoms with van der Waals surface area (Å²) in [4.78, 5) is 4.20. The Morgan fingerprint density at radius 2 is 2.29 bits per heavy atom. The third kappa shape index (κ3) is 4.35. The van der Waals surface area contributed by atoms with Crippen molar-refractivity contribution < 1.29 is 5.11 Å². The van der Waals surface area contributed by atoms with Gasteiger partial charge in [0.05, 0.1) is 6.10 Å². The highest BCUT2D eigenvalue weighted by atomic mass is 16.3. The number of rotatable bonds is 5. The molecule has 1 rings (SSSR count). The van der Waals surface area contributed by atoms with Gasteiger partial charge in [-0.05, 0) is 38.4 Å². The van der Waals surface area contributed by atoms with Gasteiger partial charge < -0.3 is 10.4 Å². The molecule has 0 saturated carbocycles. The van der Waals surface area contributed by atoms with Crippen LogP contribution in [0.2, 0.25) is 0 Å². The van der Waals surface area contributed by atoms with E-state index in [9.17, 15) is 0 Å². The van der Waals surface area contributed by atoms with Crippen molar-refractivity contribution in [2.45, 2.75) is 32.9 Å². The van der Waals surface area contributed by atoms with Crippen LogP contribution in [0.3, 0.4) is 0 Å². The minimum Gasteiger partial charge on any atom is -0.393 e. The normalized spacial score (nSPS) is 12.8. The van der Waals surface area contributed by atoms with E-state index in [1.54, 1.807) is 6.92 Å². The molecule has 3 heteroatoms. The molecule has 1 aromatic rings. The summed E-state index contributed by atoms with van der Waals surface area (Å²) in [6.45, 7) is 5.44. The Morgan fingerprint density at radius 1 is 1.50 bits per heavy atom. The van der Waals surface area contributed by atoms with Crippen molar-refractivity contribution >= 4 is 0 Å². The van der Waals surface area contributed by atoms with Crippen LogP contribution in [0.25, 0.3) is 0 Å². The molecule has 1 atom stereocenters. The molecule has 0 aromatic carbocycles. The molecular weight excluding hydrogens is 176 g/mol. The lowest BCUT2D eigenvalue weighted by molar-refractivity contribution is 0.183. The summed E-state index contributed by atoms with van der Waals surface area (Å²) in [7, 11) is 0. The molecule has 0 aliphatic carbocycles. The highest BCUT2D eigenvalue weighted by Crippen LogP contribution is 1.98. The number of aliphatic hydroxyl groups is 1.